The van der Waals surface area contributed by atoms with Gasteiger partial charge in [-0.2, -0.15) is 0 Å². The molecular weight excluding hydrogens is 319 g/mol. The van der Waals surface area contributed by atoms with Gasteiger partial charge in [-0.3, -0.25) is 0 Å². The standard InChI is InChI=1S/C16H21I/c1-13(15-9-5-6-10-16(15)17)11-12-14-7-3-2-4-8-14/h2-4,7-8,10,13,15H,5-6,9,11-12H2,1H3/t13-,15-/m1/s1. The lowest BCUT2D eigenvalue weighted by Gasteiger charge is -2.27. The Hall–Kier alpha value is -0.310. The van der Waals surface area contributed by atoms with Crippen molar-refractivity contribution in [1.29, 1.82) is 0 Å². The highest BCUT2D eigenvalue weighted by atomic mass is 127. The van der Waals surface area contributed by atoms with E-state index in [1.807, 2.05) is 0 Å². The highest BCUT2D eigenvalue weighted by Gasteiger charge is 2.21. The van der Waals surface area contributed by atoms with Gasteiger partial charge in [-0.15, -0.1) is 0 Å². The molecule has 0 bridgehead atoms. The van der Waals surface area contributed by atoms with Gasteiger partial charge in [0.15, 0.2) is 0 Å². The van der Waals surface area contributed by atoms with E-state index in [9.17, 15) is 0 Å². The largest absolute Gasteiger partial charge is 0.0749 e. The molecule has 2 rings (SSSR count). The lowest BCUT2D eigenvalue weighted by molar-refractivity contribution is 0.361. The van der Waals surface area contributed by atoms with Gasteiger partial charge in [0.1, 0.15) is 0 Å². The molecule has 1 aromatic rings. The minimum atomic E-state index is 0.818. The van der Waals surface area contributed by atoms with Crippen LogP contribution in [0.2, 0.25) is 0 Å². The first-order chi connectivity index (χ1) is 8.27. The predicted octanol–water partition coefficient (Wildman–Crippen LogP) is 5.37. The third kappa shape index (κ3) is 3.84. The first-order valence-electron chi connectivity index (χ1n) is 6.67. The second kappa shape index (κ2) is 6.58. The number of allylic oxidation sites excluding steroid dienone is 2. The number of benzene rings is 1. The first kappa shape index (κ1) is 13.1. The van der Waals surface area contributed by atoms with Gasteiger partial charge in [-0.25, -0.2) is 0 Å². The highest BCUT2D eigenvalue weighted by molar-refractivity contribution is 14.1. The van der Waals surface area contributed by atoms with E-state index in [1.54, 1.807) is 3.58 Å². The van der Waals surface area contributed by atoms with Gasteiger partial charge in [-0.05, 0) is 75.7 Å². The lowest BCUT2D eigenvalue weighted by atomic mass is 9.82. The molecule has 0 saturated carbocycles. The summed E-state index contributed by atoms with van der Waals surface area (Å²) < 4.78 is 1.61. The average Bonchev–Trinajstić information content (AvgIpc) is 2.38. The Morgan fingerprint density at radius 1 is 1.29 bits per heavy atom. The molecule has 0 saturated heterocycles. The van der Waals surface area contributed by atoms with E-state index in [1.165, 1.54) is 37.7 Å². The third-order valence-electron chi connectivity index (χ3n) is 3.83. The third-order valence-corrected chi connectivity index (χ3v) is 5.07. The molecular formula is C16H21I. The van der Waals surface area contributed by atoms with Gasteiger partial charge in [0.2, 0.25) is 0 Å². The van der Waals surface area contributed by atoms with Crippen LogP contribution >= 0.6 is 22.6 Å². The zero-order chi connectivity index (χ0) is 12.1. The Morgan fingerprint density at radius 3 is 2.76 bits per heavy atom. The molecule has 0 nitrogen and oxygen atoms in total. The van der Waals surface area contributed by atoms with Crippen LogP contribution in [0.1, 0.15) is 38.2 Å². The molecule has 0 radical (unpaired) electrons. The maximum atomic E-state index is 2.55. The minimum Gasteiger partial charge on any atom is -0.0749 e. The van der Waals surface area contributed by atoms with Crippen LogP contribution in [0.25, 0.3) is 0 Å². The number of halogens is 1. The summed E-state index contributed by atoms with van der Waals surface area (Å²) in [6.45, 7) is 2.42. The molecule has 0 aromatic heterocycles. The molecule has 17 heavy (non-hydrogen) atoms. The van der Waals surface area contributed by atoms with Crippen LogP contribution in [-0.2, 0) is 6.42 Å². The van der Waals surface area contributed by atoms with E-state index in [0.29, 0.717) is 0 Å². The van der Waals surface area contributed by atoms with Gasteiger partial charge >= 0.3 is 0 Å². The van der Waals surface area contributed by atoms with Gasteiger partial charge in [-0.1, -0.05) is 43.3 Å². The molecule has 0 spiro atoms. The lowest BCUT2D eigenvalue weighted by Crippen LogP contribution is -2.15. The average molecular weight is 340 g/mol. The van der Waals surface area contributed by atoms with Crippen LogP contribution < -0.4 is 0 Å². The fraction of sp³-hybridized carbons (Fsp3) is 0.500. The predicted molar refractivity (Wildman–Crippen MR) is 83.4 cm³/mol. The molecule has 0 N–H and O–H groups in total. The van der Waals surface area contributed by atoms with Crippen molar-refractivity contribution >= 4 is 22.6 Å². The Labute approximate surface area is 119 Å². The fourth-order valence-corrected chi connectivity index (χ4v) is 3.90. The van der Waals surface area contributed by atoms with Gasteiger partial charge in [0.05, 0.1) is 0 Å². The molecule has 0 fully saturated rings. The molecule has 0 unspecified atom stereocenters. The summed E-state index contributed by atoms with van der Waals surface area (Å²) in [5, 5.41) is 0. The maximum absolute atomic E-state index is 2.55. The fourth-order valence-electron chi connectivity index (χ4n) is 2.66. The van der Waals surface area contributed by atoms with Crippen molar-refractivity contribution in [1.82, 2.24) is 0 Å². The van der Waals surface area contributed by atoms with Crippen LogP contribution in [-0.4, -0.2) is 0 Å². The Balaban J connectivity index is 1.87. The van der Waals surface area contributed by atoms with Crippen molar-refractivity contribution < 1.29 is 0 Å². The van der Waals surface area contributed by atoms with Crippen molar-refractivity contribution in [2.24, 2.45) is 11.8 Å². The molecule has 1 heteroatoms. The molecule has 92 valence electrons. The van der Waals surface area contributed by atoms with Crippen molar-refractivity contribution in [2.45, 2.75) is 39.0 Å². The van der Waals surface area contributed by atoms with Gasteiger partial charge in [0.25, 0.3) is 0 Å². The molecule has 1 aromatic carbocycles. The zero-order valence-electron chi connectivity index (χ0n) is 10.5. The number of hydrogen-bond donors (Lipinski definition) is 0. The zero-order valence-corrected chi connectivity index (χ0v) is 12.7. The van der Waals surface area contributed by atoms with Crippen LogP contribution in [0, 0.1) is 11.8 Å². The van der Waals surface area contributed by atoms with Crippen molar-refractivity contribution in [3.8, 4) is 0 Å². The van der Waals surface area contributed by atoms with Crippen LogP contribution in [0.4, 0.5) is 0 Å². The quantitative estimate of drug-likeness (QED) is 0.646. The van der Waals surface area contributed by atoms with Crippen LogP contribution in [0.5, 0.6) is 0 Å². The second-order valence-corrected chi connectivity index (χ2v) is 6.37. The van der Waals surface area contributed by atoms with Crippen LogP contribution in [0.3, 0.4) is 0 Å². The van der Waals surface area contributed by atoms with Crippen molar-refractivity contribution in [3.05, 3.63) is 45.6 Å². The SMILES string of the molecule is C[C@H](CCc1ccccc1)[C@H]1CCCC=C1I. The van der Waals surface area contributed by atoms with E-state index in [0.717, 1.165) is 11.8 Å². The second-order valence-electron chi connectivity index (χ2n) is 5.13. The highest BCUT2D eigenvalue weighted by Crippen LogP contribution is 2.36. The van der Waals surface area contributed by atoms with Gasteiger partial charge in [0, 0.05) is 0 Å². The van der Waals surface area contributed by atoms with Gasteiger partial charge < -0.3 is 0 Å². The Morgan fingerprint density at radius 2 is 2.06 bits per heavy atom. The monoisotopic (exact) mass is 340 g/mol. The summed E-state index contributed by atoms with van der Waals surface area (Å²) in [5.41, 5.74) is 1.48. The van der Waals surface area contributed by atoms with E-state index in [4.69, 9.17) is 0 Å². The number of rotatable bonds is 4. The molecule has 1 aliphatic rings. The summed E-state index contributed by atoms with van der Waals surface area (Å²) in [6, 6.07) is 10.9. The van der Waals surface area contributed by atoms with Crippen molar-refractivity contribution in [2.75, 3.05) is 0 Å². The number of hydrogen-bond acceptors (Lipinski definition) is 0. The minimum absolute atomic E-state index is 0.818. The molecule has 2 atom stereocenters. The summed E-state index contributed by atoms with van der Waals surface area (Å²) in [7, 11) is 0. The summed E-state index contributed by atoms with van der Waals surface area (Å²) >= 11 is 2.55. The maximum Gasteiger partial charge on any atom is -0.00811 e. The smallest absolute Gasteiger partial charge is 0.00811 e. The number of aryl methyl sites for hydroxylation is 1. The summed E-state index contributed by atoms with van der Waals surface area (Å²) in [6.07, 6.45) is 9.04. The summed E-state index contributed by atoms with van der Waals surface area (Å²) in [4.78, 5) is 0. The summed E-state index contributed by atoms with van der Waals surface area (Å²) in [5.74, 6) is 1.65. The topological polar surface area (TPSA) is 0 Å². The Kier molecular flexibility index (Phi) is 5.08. The van der Waals surface area contributed by atoms with E-state index >= 15 is 0 Å². The molecule has 1 aliphatic carbocycles. The Bertz CT molecular complexity index is 366. The first-order valence-corrected chi connectivity index (χ1v) is 7.74. The molecule has 0 heterocycles. The molecule has 0 aliphatic heterocycles. The van der Waals surface area contributed by atoms with E-state index in [2.05, 4.69) is 65.9 Å². The molecule has 0 amide bonds. The van der Waals surface area contributed by atoms with Crippen LogP contribution in [0.15, 0.2) is 40.0 Å². The van der Waals surface area contributed by atoms with E-state index in [-0.39, 0.29) is 0 Å². The normalized spacial score (nSPS) is 22.0. The van der Waals surface area contributed by atoms with E-state index < -0.39 is 0 Å². The van der Waals surface area contributed by atoms with Crippen molar-refractivity contribution in [3.63, 3.8) is 0 Å².